The molecule has 0 spiro atoms. The summed E-state index contributed by atoms with van der Waals surface area (Å²) in [6.07, 6.45) is 8.43. The summed E-state index contributed by atoms with van der Waals surface area (Å²) in [6.45, 7) is 20.1. The third kappa shape index (κ3) is 97.8. The van der Waals surface area contributed by atoms with Crippen molar-refractivity contribution in [3.63, 3.8) is 0 Å². The van der Waals surface area contributed by atoms with E-state index in [1.54, 1.807) is 6.08 Å². The molecule has 0 atom stereocenters. The molecule has 0 rings (SSSR count). The van der Waals surface area contributed by atoms with Crippen LogP contribution in [0.2, 0.25) is 0 Å². The van der Waals surface area contributed by atoms with E-state index in [1.807, 2.05) is 53.0 Å². The Bertz CT molecular complexity index is 104. The molecule has 1 N–H and O–H groups in total. The lowest BCUT2D eigenvalue weighted by Crippen LogP contribution is -2.00. The quantitative estimate of drug-likeness (QED) is 0.516. The lowest BCUT2D eigenvalue weighted by molar-refractivity contribution is 0.919. The smallest absolute Gasteiger partial charge is 0.0113 e. The molecule has 0 aliphatic heterocycles. The first-order chi connectivity index (χ1) is 7.33. The third-order valence-electron chi connectivity index (χ3n) is 0.843. The molecule has 0 unspecified atom stereocenters. The fraction of sp³-hybridized carbons (Fsp3) is 0.571. The van der Waals surface area contributed by atoms with Gasteiger partial charge in [-0.1, -0.05) is 53.3 Å². The molecule has 92 valence electrons. The minimum absolute atomic E-state index is 0.977. The molecule has 0 aliphatic carbocycles. The van der Waals surface area contributed by atoms with Gasteiger partial charge < -0.3 is 5.32 Å². The van der Waals surface area contributed by atoms with Crippen molar-refractivity contribution in [2.45, 2.75) is 48.0 Å². The average Bonchev–Trinajstić information content (AvgIpc) is 2.35. The first kappa shape index (κ1) is 23.7. The van der Waals surface area contributed by atoms with Crippen LogP contribution in [0.4, 0.5) is 0 Å². The van der Waals surface area contributed by atoms with Crippen molar-refractivity contribution in [1.29, 1.82) is 0 Å². The van der Waals surface area contributed by atoms with Gasteiger partial charge in [-0.2, -0.15) is 0 Å². The number of rotatable bonds is 4. The minimum Gasteiger partial charge on any atom is -0.391 e. The van der Waals surface area contributed by atoms with Gasteiger partial charge in [-0.25, -0.2) is 0 Å². The van der Waals surface area contributed by atoms with Gasteiger partial charge in [-0.3, -0.25) is 0 Å². The molecule has 0 radical (unpaired) electrons. The zero-order chi connectivity index (χ0) is 12.9. The van der Waals surface area contributed by atoms with E-state index in [2.05, 4.69) is 25.4 Å². The van der Waals surface area contributed by atoms with E-state index >= 15 is 0 Å². The number of hydrogen-bond acceptors (Lipinski definition) is 1. The highest BCUT2D eigenvalue weighted by Gasteiger charge is 1.60. The first-order valence-electron chi connectivity index (χ1n) is 5.95. The number of allylic oxidation sites excluding steroid dienone is 3. The standard InChI is InChI=1S/C6H11N.C4H8.2C2H6/c1-3-5-6-7-4-2;1-3-4-2;2*1-2/h3,5-7H,1,4H2,2H3;3H,1,4H2,2H3;2*1-2H3/b6-5-;;;. The Hall–Kier alpha value is -0.980. The van der Waals surface area contributed by atoms with Crippen molar-refractivity contribution in [2.24, 2.45) is 0 Å². The molecule has 0 saturated carbocycles. The van der Waals surface area contributed by atoms with E-state index in [0.717, 1.165) is 13.0 Å². The summed E-state index contributed by atoms with van der Waals surface area (Å²) in [5.41, 5.74) is 0. The van der Waals surface area contributed by atoms with Crippen molar-refractivity contribution >= 4 is 0 Å². The van der Waals surface area contributed by atoms with Crippen molar-refractivity contribution in [3.05, 3.63) is 37.6 Å². The van der Waals surface area contributed by atoms with Gasteiger partial charge in [0.2, 0.25) is 0 Å². The largest absolute Gasteiger partial charge is 0.391 e. The summed E-state index contributed by atoms with van der Waals surface area (Å²) in [5.74, 6) is 0. The lowest BCUT2D eigenvalue weighted by Gasteiger charge is -1.86. The monoisotopic (exact) mass is 213 g/mol. The molecule has 0 bridgehead atoms. The van der Waals surface area contributed by atoms with Crippen LogP contribution in [0.1, 0.15) is 48.0 Å². The highest BCUT2D eigenvalue weighted by atomic mass is 14.8. The van der Waals surface area contributed by atoms with Crippen LogP contribution in [0.25, 0.3) is 0 Å². The molecule has 1 heteroatoms. The van der Waals surface area contributed by atoms with Gasteiger partial charge in [-0.05, 0) is 25.6 Å². The maximum atomic E-state index is 3.51. The third-order valence-corrected chi connectivity index (χ3v) is 0.843. The van der Waals surface area contributed by atoms with E-state index in [4.69, 9.17) is 0 Å². The van der Waals surface area contributed by atoms with Crippen LogP contribution in [0.5, 0.6) is 0 Å². The van der Waals surface area contributed by atoms with E-state index in [-0.39, 0.29) is 0 Å². The van der Waals surface area contributed by atoms with Crippen LogP contribution in [-0.4, -0.2) is 6.54 Å². The molecular weight excluding hydrogens is 182 g/mol. The van der Waals surface area contributed by atoms with Gasteiger partial charge >= 0.3 is 0 Å². The first-order valence-corrected chi connectivity index (χ1v) is 5.95. The Morgan fingerprint density at radius 3 is 1.60 bits per heavy atom. The molecule has 0 fully saturated rings. The van der Waals surface area contributed by atoms with Crippen molar-refractivity contribution in [2.75, 3.05) is 6.54 Å². The minimum atomic E-state index is 0.977. The second-order valence-corrected chi connectivity index (χ2v) is 1.85. The Morgan fingerprint density at radius 1 is 1.00 bits per heavy atom. The maximum Gasteiger partial charge on any atom is 0.0113 e. The summed E-state index contributed by atoms with van der Waals surface area (Å²) in [6, 6.07) is 0. The van der Waals surface area contributed by atoms with Gasteiger partial charge in [0.1, 0.15) is 0 Å². The summed E-state index contributed by atoms with van der Waals surface area (Å²) in [4.78, 5) is 0. The Kier molecular flexibility index (Phi) is 81.9. The Morgan fingerprint density at radius 2 is 1.40 bits per heavy atom. The van der Waals surface area contributed by atoms with Crippen molar-refractivity contribution in [3.8, 4) is 0 Å². The Balaban J connectivity index is -0.0000000647. The van der Waals surface area contributed by atoms with Gasteiger partial charge in [0, 0.05) is 6.54 Å². The topological polar surface area (TPSA) is 12.0 Å². The molecule has 0 heterocycles. The summed E-state index contributed by atoms with van der Waals surface area (Å²) >= 11 is 0. The molecule has 0 aromatic heterocycles. The van der Waals surface area contributed by atoms with E-state index < -0.39 is 0 Å². The number of hydrogen-bond donors (Lipinski definition) is 1. The summed E-state index contributed by atoms with van der Waals surface area (Å²) in [5, 5.41) is 3.00. The lowest BCUT2D eigenvalue weighted by atomic mass is 10.5. The fourth-order valence-corrected chi connectivity index (χ4v) is 0.254. The molecule has 0 aromatic rings. The zero-order valence-electron chi connectivity index (χ0n) is 11.6. The molecular formula is C14H31N. The van der Waals surface area contributed by atoms with Gasteiger partial charge in [0.15, 0.2) is 0 Å². The van der Waals surface area contributed by atoms with Gasteiger partial charge in [-0.15, -0.1) is 6.58 Å². The van der Waals surface area contributed by atoms with Crippen LogP contribution in [0.3, 0.4) is 0 Å². The maximum absolute atomic E-state index is 3.51. The van der Waals surface area contributed by atoms with Crippen LogP contribution < -0.4 is 5.32 Å². The van der Waals surface area contributed by atoms with E-state index in [0.29, 0.717) is 0 Å². The predicted molar refractivity (Wildman–Crippen MR) is 76.2 cm³/mol. The van der Waals surface area contributed by atoms with Gasteiger partial charge in [0.25, 0.3) is 0 Å². The van der Waals surface area contributed by atoms with Crippen LogP contribution in [0.15, 0.2) is 37.6 Å². The van der Waals surface area contributed by atoms with E-state index in [1.165, 1.54) is 0 Å². The zero-order valence-corrected chi connectivity index (χ0v) is 11.6. The van der Waals surface area contributed by atoms with Crippen LogP contribution in [0, 0.1) is 0 Å². The highest BCUT2D eigenvalue weighted by Crippen LogP contribution is 1.66. The molecule has 0 saturated heterocycles. The number of nitrogens with one attached hydrogen (secondary N) is 1. The second-order valence-electron chi connectivity index (χ2n) is 1.85. The molecule has 15 heavy (non-hydrogen) atoms. The van der Waals surface area contributed by atoms with Gasteiger partial charge in [0.05, 0.1) is 0 Å². The fourth-order valence-electron chi connectivity index (χ4n) is 0.254. The highest BCUT2D eigenvalue weighted by molar-refractivity contribution is 4.95. The molecule has 0 aromatic carbocycles. The molecule has 1 nitrogen and oxygen atoms in total. The molecule has 0 amide bonds. The van der Waals surface area contributed by atoms with Crippen molar-refractivity contribution < 1.29 is 0 Å². The molecule has 0 aliphatic rings. The Labute approximate surface area is 98.0 Å². The summed E-state index contributed by atoms with van der Waals surface area (Å²) in [7, 11) is 0. The normalized spacial score (nSPS) is 6.80. The second kappa shape index (κ2) is 51.9. The average molecular weight is 213 g/mol. The SMILES string of the molecule is C=C/C=C\NCC.C=CCC.CC.CC. The van der Waals surface area contributed by atoms with Crippen molar-refractivity contribution in [1.82, 2.24) is 5.32 Å². The summed E-state index contributed by atoms with van der Waals surface area (Å²) < 4.78 is 0. The predicted octanol–water partition coefficient (Wildman–Crippen LogP) is 4.93. The van der Waals surface area contributed by atoms with Crippen LogP contribution in [-0.2, 0) is 0 Å². The van der Waals surface area contributed by atoms with E-state index in [9.17, 15) is 0 Å². The van der Waals surface area contributed by atoms with Crippen LogP contribution >= 0.6 is 0 Å².